The smallest absolute Gasteiger partial charge is 0.0733 e. The predicted molar refractivity (Wildman–Crippen MR) is 200 cm³/mol. The van der Waals surface area contributed by atoms with E-state index in [9.17, 15) is 0 Å². The second-order valence-corrected chi connectivity index (χ2v) is 12.6. The fourth-order valence-electron chi connectivity index (χ4n) is 7.40. The highest BCUT2D eigenvalue weighted by Crippen LogP contribution is 2.37. The molecule has 7 aromatic rings. The van der Waals surface area contributed by atoms with Crippen LogP contribution in [0.5, 0.6) is 0 Å². The molecule has 1 unspecified atom stereocenters. The van der Waals surface area contributed by atoms with Crippen LogP contribution in [0.25, 0.3) is 16.7 Å². The van der Waals surface area contributed by atoms with E-state index in [-0.39, 0.29) is 5.92 Å². The summed E-state index contributed by atoms with van der Waals surface area (Å²) >= 11 is 0. The summed E-state index contributed by atoms with van der Waals surface area (Å²) in [6.45, 7) is 0. The average Bonchev–Trinajstić information content (AvgIpc) is 3.98. The monoisotopic (exact) mass is 630 g/mol. The van der Waals surface area contributed by atoms with E-state index in [1.807, 2.05) is 0 Å². The number of hydrogen-bond donors (Lipinski definition) is 2. The molecule has 0 spiro atoms. The van der Waals surface area contributed by atoms with Crippen molar-refractivity contribution in [2.24, 2.45) is 12.0 Å². The Balaban J connectivity index is 1.42. The van der Waals surface area contributed by atoms with Crippen LogP contribution in [0.3, 0.4) is 0 Å². The number of aliphatic imine (C=N–C) groups is 1. The number of allylic oxidation sites excluding steroid dienone is 2. The fourth-order valence-corrected chi connectivity index (χ4v) is 7.40. The van der Waals surface area contributed by atoms with E-state index in [1.165, 1.54) is 5.56 Å². The molecule has 234 valence electrons. The number of benzene rings is 4. The average molecular weight is 631 g/mol. The fraction of sp³-hybridized carbons (Fsp3) is 0.0444. The van der Waals surface area contributed by atoms with Gasteiger partial charge < -0.3 is 14.5 Å². The van der Waals surface area contributed by atoms with Crippen LogP contribution in [-0.4, -0.2) is 20.2 Å². The lowest BCUT2D eigenvalue weighted by molar-refractivity contribution is 0.889. The largest absolute Gasteiger partial charge is 0.357 e. The van der Waals surface area contributed by atoms with E-state index in [1.54, 1.807) is 0 Å². The van der Waals surface area contributed by atoms with Gasteiger partial charge in [-0.3, -0.25) is 4.99 Å². The molecular weight excluding hydrogens is 597 g/mol. The summed E-state index contributed by atoms with van der Waals surface area (Å²) < 4.78 is 2.32. The van der Waals surface area contributed by atoms with Crippen LogP contribution in [-0.2, 0) is 7.05 Å². The van der Waals surface area contributed by atoms with Crippen molar-refractivity contribution in [1.29, 1.82) is 0 Å². The van der Waals surface area contributed by atoms with Gasteiger partial charge in [0.1, 0.15) is 0 Å². The molecule has 5 heterocycles. The van der Waals surface area contributed by atoms with Crippen LogP contribution in [0.4, 0.5) is 0 Å². The normalized spacial score (nSPS) is 19.2. The Morgan fingerprint density at radius 3 is 1.65 bits per heavy atom. The van der Waals surface area contributed by atoms with Crippen molar-refractivity contribution >= 4 is 22.4 Å². The van der Waals surface area contributed by atoms with E-state index in [0.29, 0.717) is 0 Å². The van der Waals surface area contributed by atoms with Gasteiger partial charge in [-0.25, -0.2) is 0 Å². The zero-order chi connectivity index (χ0) is 32.7. The van der Waals surface area contributed by atoms with Gasteiger partial charge in [-0.15, -0.1) is 0 Å². The molecule has 2 aliphatic heterocycles. The van der Waals surface area contributed by atoms with Crippen molar-refractivity contribution in [3.63, 3.8) is 0 Å². The minimum Gasteiger partial charge on any atom is -0.357 e. The Kier molecular flexibility index (Phi) is 7.06. The van der Waals surface area contributed by atoms with Crippen molar-refractivity contribution < 1.29 is 0 Å². The molecule has 0 aliphatic carbocycles. The molecular formula is C45H34N4. The van der Waals surface area contributed by atoms with Gasteiger partial charge in [0.05, 0.1) is 28.7 Å². The van der Waals surface area contributed by atoms with Gasteiger partial charge in [0, 0.05) is 45.9 Å². The number of fused-ring (bicyclic) bond motifs is 7. The van der Waals surface area contributed by atoms with Crippen molar-refractivity contribution in [1.82, 2.24) is 14.5 Å². The van der Waals surface area contributed by atoms with Crippen molar-refractivity contribution in [2.75, 3.05) is 0 Å². The molecule has 4 aromatic carbocycles. The summed E-state index contributed by atoms with van der Waals surface area (Å²) in [7, 11) is 2.17. The predicted octanol–water partition coefficient (Wildman–Crippen LogP) is 8.09. The molecule has 2 N–H and O–H groups in total. The lowest BCUT2D eigenvalue weighted by atomic mass is 9.91. The second kappa shape index (κ2) is 12.0. The summed E-state index contributed by atoms with van der Waals surface area (Å²) in [6.07, 6.45) is 4.38. The quantitative estimate of drug-likeness (QED) is 0.198. The maximum absolute atomic E-state index is 5.44. The van der Waals surface area contributed by atoms with Crippen LogP contribution in [0.2, 0.25) is 0 Å². The second-order valence-electron chi connectivity index (χ2n) is 12.6. The number of H-pyrrole nitrogens is 2. The molecule has 8 bridgehead atoms. The first-order valence-corrected chi connectivity index (χ1v) is 16.7. The highest BCUT2D eigenvalue weighted by atomic mass is 15.0. The molecule has 0 radical (unpaired) electrons. The molecule has 1 atom stereocenters. The highest BCUT2D eigenvalue weighted by molar-refractivity contribution is 6.07. The van der Waals surface area contributed by atoms with E-state index < -0.39 is 0 Å². The summed E-state index contributed by atoms with van der Waals surface area (Å²) in [5.41, 5.74) is 14.3. The SMILES string of the molecule is Cn1c2ccc1/C(c1ccccc1)=c1/cc/c([nH]1)=C(\c1ccccc1)c1ccc([nH]1)C(c1ccccc1)C1=N/C(=C\2c2ccccc2)C=C1. The lowest BCUT2D eigenvalue weighted by Gasteiger charge is -2.17. The van der Waals surface area contributed by atoms with E-state index in [4.69, 9.17) is 4.99 Å². The van der Waals surface area contributed by atoms with Crippen molar-refractivity contribution in [3.05, 3.63) is 231 Å². The van der Waals surface area contributed by atoms with Crippen LogP contribution in [0.15, 0.2) is 181 Å². The lowest BCUT2D eigenvalue weighted by Crippen LogP contribution is -2.19. The third kappa shape index (κ3) is 5.06. The number of rotatable bonds is 4. The first-order chi connectivity index (χ1) is 24.2. The van der Waals surface area contributed by atoms with E-state index in [2.05, 4.69) is 191 Å². The Morgan fingerprint density at radius 1 is 0.490 bits per heavy atom. The summed E-state index contributed by atoms with van der Waals surface area (Å²) in [4.78, 5) is 13.2. The van der Waals surface area contributed by atoms with Crippen LogP contribution < -0.4 is 10.7 Å². The van der Waals surface area contributed by atoms with Gasteiger partial charge in [-0.2, -0.15) is 0 Å². The molecule has 4 heteroatoms. The topological polar surface area (TPSA) is 48.9 Å². The third-order valence-corrected chi connectivity index (χ3v) is 9.68. The van der Waals surface area contributed by atoms with Gasteiger partial charge in [0.2, 0.25) is 0 Å². The number of hydrogen-bond acceptors (Lipinski definition) is 1. The van der Waals surface area contributed by atoms with Gasteiger partial charge in [-0.1, -0.05) is 121 Å². The minimum absolute atomic E-state index is 0.0770. The Hall–Kier alpha value is -6.39. The number of aromatic amines is 2. The van der Waals surface area contributed by atoms with Crippen molar-refractivity contribution in [2.45, 2.75) is 5.92 Å². The van der Waals surface area contributed by atoms with Gasteiger partial charge in [0.15, 0.2) is 0 Å². The first-order valence-electron chi connectivity index (χ1n) is 16.7. The van der Waals surface area contributed by atoms with E-state index >= 15 is 0 Å². The van der Waals surface area contributed by atoms with Crippen LogP contribution >= 0.6 is 0 Å². The van der Waals surface area contributed by atoms with Crippen molar-refractivity contribution in [3.8, 4) is 0 Å². The molecule has 0 amide bonds. The molecule has 0 fully saturated rings. The first kappa shape index (κ1) is 28.8. The molecule has 4 nitrogen and oxygen atoms in total. The standard InChI is InChI=1S/C45H34N4/c1-49-40-28-29-41(49)45(33-20-12-5-13-21-33)39-27-25-37(48-39)43(31-16-8-3-9-17-31)35-23-22-34(46-35)42(30-14-6-2-7-15-30)36-24-26-38(47-36)44(40)32-18-10-4-11-19-32/h2-29,42,46,48H,1H3/b43-37-,44-38-,45-39-. The maximum atomic E-state index is 5.44. The summed E-state index contributed by atoms with van der Waals surface area (Å²) in [5.74, 6) is -0.0770. The summed E-state index contributed by atoms with van der Waals surface area (Å²) in [5, 5.41) is 2.10. The Labute approximate surface area is 285 Å². The molecule has 3 aromatic heterocycles. The zero-order valence-electron chi connectivity index (χ0n) is 27.1. The minimum atomic E-state index is -0.0770. The maximum Gasteiger partial charge on any atom is 0.0733 e. The zero-order valence-corrected chi connectivity index (χ0v) is 27.1. The van der Waals surface area contributed by atoms with Gasteiger partial charge >= 0.3 is 0 Å². The van der Waals surface area contributed by atoms with Gasteiger partial charge in [-0.05, 0) is 70.8 Å². The molecule has 0 saturated heterocycles. The number of nitrogens with one attached hydrogen (secondary N) is 2. The van der Waals surface area contributed by atoms with Crippen LogP contribution in [0, 0.1) is 0 Å². The summed E-state index contributed by atoms with van der Waals surface area (Å²) in [6, 6.07) is 56.0. The molecule has 9 rings (SSSR count). The Bertz CT molecular complexity index is 2520. The van der Waals surface area contributed by atoms with Crippen LogP contribution in [0.1, 0.15) is 50.9 Å². The number of nitrogens with zero attached hydrogens (tertiary/aromatic N) is 2. The Morgan fingerprint density at radius 2 is 1.02 bits per heavy atom. The van der Waals surface area contributed by atoms with Gasteiger partial charge in [0.25, 0.3) is 0 Å². The molecule has 0 saturated carbocycles. The number of aromatic nitrogens is 3. The highest BCUT2D eigenvalue weighted by Gasteiger charge is 2.27. The molecule has 49 heavy (non-hydrogen) atoms. The third-order valence-electron chi connectivity index (χ3n) is 9.68. The molecule has 2 aliphatic rings. The van der Waals surface area contributed by atoms with E-state index in [0.717, 1.165) is 78.3 Å².